The van der Waals surface area contributed by atoms with E-state index in [0.29, 0.717) is 16.5 Å². The molecule has 0 saturated heterocycles. The molecule has 24 heavy (non-hydrogen) atoms. The summed E-state index contributed by atoms with van der Waals surface area (Å²) in [6.07, 6.45) is 0. The van der Waals surface area contributed by atoms with Crippen molar-refractivity contribution in [2.75, 3.05) is 0 Å². The van der Waals surface area contributed by atoms with Crippen LogP contribution in [0.5, 0.6) is 11.5 Å². The highest BCUT2D eigenvalue weighted by Crippen LogP contribution is 2.25. The van der Waals surface area contributed by atoms with Crippen LogP contribution in [-0.2, 0) is 4.79 Å². The number of hydrogen-bond donors (Lipinski definition) is 0. The smallest absolute Gasteiger partial charge is 0.355 e. The molecule has 0 N–H and O–H groups in total. The Kier molecular flexibility index (Phi) is 4.45. The number of fused-ring (bicyclic) bond motifs is 1. The third kappa shape index (κ3) is 3.69. The maximum Gasteiger partial charge on any atom is 0.355 e. The highest BCUT2D eigenvalue weighted by molar-refractivity contribution is 6.30. The maximum absolute atomic E-state index is 12.5. The lowest BCUT2D eigenvalue weighted by molar-refractivity contribution is -0.149. The first-order valence-electron chi connectivity index (χ1n) is 7.60. The number of rotatable bonds is 4. The van der Waals surface area contributed by atoms with Gasteiger partial charge >= 0.3 is 5.97 Å². The maximum atomic E-state index is 12.5. The molecule has 0 amide bonds. The molecule has 0 radical (unpaired) electrons. The molecule has 4 heteroatoms. The minimum absolute atomic E-state index is 0.465. The second kappa shape index (κ2) is 6.54. The van der Waals surface area contributed by atoms with E-state index in [1.807, 2.05) is 36.4 Å². The van der Waals surface area contributed by atoms with Gasteiger partial charge in [-0.15, -0.1) is 0 Å². The summed E-state index contributed by atoms with van der Waals surface area (Å²) in [4.78, 5) is 12.5. The first-order chi connectivity index (χ1) is 11.4. The Morgan fingerprint density at radius 3 is 2.21 bits per heavy atom. The second-order valence-corrected chi connectivity index (χ2v) is 6.40. The van der Waals surface area contributed by atoms with Crippen molar-refractivity contribution in [3.8, 4) is 11.5 Å². The van der Waals surface area contributed by atoms with Gasteiger partial charge in [-0.1, -0.05) is 41.9 Å². The Labute approximate surface area is 145 Å². The zero-order valence-corrected chi connectivity index (χ0v) is 14.2. The van der Waals surface area contributed by atoms with E-state index in [1.54, 1.807) is 44.2 Å². The summed E-state index contributed by atoms with van der Waals surface area (Å²) in [6.45, 7) is 3.34. The van der Waals surface area contributed by atoms with Gasteiger partial charge in [-0.2, -0.15) is 0 Å². The van der Waals surface area contributed by atoms with Crippen LogP contribution in [0.15, 0.2) is 66.7 Å². The molecule has 0 spiro atoms. The first-order valence-corrected chi connectivity index (χ1v) is 7.97. The molecule has 0 aliphatic carbocycles. The van der Waals surface area contributed by atoms with Gasteiger partial charge in [0.15, 0.2) is 0 Å². The van der Waals surface area contributed by atoms with Crippen molar-refractivity contribution >= 4 is 28.3 Å². The molecule has 0 bridgehead atoms. The van der Waals surface area contributed by atoms with E-state index in [-0.39, 0.29) is 0 Å². The van der Waals surface area contributed by atoms with Gasteiger partial charge in [-0.05, 0) is 61.0 Å². The van der Waals surface area contributed by atoms with Gasteiger partial charge in [0.05, 0.1) is 0 Å². The lowest BCUT2D eigenvalue weighted by atomic mass is 10.1. The summed E-state index contributed by atoms with van der Waals surface area (Å²) >= 11 is 5.85. The molecule has 0 atom stereocenters. The molecule has 0 saturated carbocycles. The average molecular weight is 341 g/mol. The molecule has 0 aliphatic rings. The Morgan fingerprint density at radius 2 is 1.50 bits per heavy atom. The predicted octanol–water partition coefficient (Wildman–Crippen LogP) is 5.26. The summed E-state index contributed by atoms with van der Waals surface area (Å²) in [6, 6.07) is 20.3. The molecule has 0 aromatic heterocycles. The van der Waals surface area contributed by atoms with Crippen molar-refractivity contribution in [3.05, 3.63) is 71.8 Å². The van der Waals surface area contributed by atoms with Gasteiger partial charge in [0.2, 0.25) is 5.60 Å². The molecule has 3 nitrogen and oxygen atoms in total. The van der Waals surface area contributed by atoms with E-state index in [2.05, 4.69) is 0 Å². The Balaban J connectivity index is 1.75. The van der Waals surface area contributed by atoms with Crippen LogP contribution in [0.2, 0.25) is 5.02 Å². The van der Waals surface area contributed by atoms with Gasteiger partial charge in [0.25, 0.3) is 0 Å². The summed E-state index contributed by atoms with van der Waals surface area (Å²) < 4.78 is 11.2. The lowest BCUT2D eigenvalue weighted by Gasteiger charge is -2.24. The minimum atomic E-state index is -1.13. The van der Waals surface area contributed by atoms with Crippen LogP contribution in [0.1, 0.15) is 13.8 Å². The van der Waals surface area contributed by atoms with E-state index in [4.69, 9.17) is 21.1 Å². The first kappa shape index (κ1) is 16.3. The van der Waals surface area contributed by atoms with E-state index >= 15 is 0 Å². The Bertz CT molecular complexity index is 869. The number of hydrogen-bond acceptors (Lipinski definition) is 3. The molecule has 0 unspecified atom stereocenters. The highest BCUT2D eigenvalue weighted by Gasteiger charge is 2.32. The van der Waals surface area contributed by atoms with Crippen molar-refractivity contribution < 1.29 is 14.3 Å². The second-order valence-electron chi connectivity index (χ2n) is 5.96. The van der Waals surface area contributed by atoms with Crippen LogP contribution >= 0.6 is 11.6 Å². The zero-order valence-electron chi connectivity index (χ0n) is 13.5. The number of benzene rings is 3. The third-order valence-electron chi connectivity index (χ3n) is 3.61. The van der Waals surface area contributed by atoms with Crippen LogP contribution in [0.3, 0.4) is 0 Å². The van der Waals surface area contributed by atoms with E-state index < -0.39 is 11.6 Å². The largest absolute Gasteiger partial charge is 0.476 e. The van der Waals surface area contributed by atoms with E-state index in [0.717, 1.165) is 10.8 Å². The van der Waals surface area contributed by atoms with Crippen LogP contribution < -0.4 is 9.47 Å². The summed E-state index contributed by atoms with van der Waals surface area (Å²) in [7, 11) is 0. The minimum Gasteiger partial charge on any atom is -0.476 e. The van der Waals surface area contributed by atoms with Gasteiger partial charge in [0.1, 0.15) is 11.5 Å². The molecule has 3 rings (SSSR count). The number of halogens is 1. The van der Waals surface area contributed by atoms with Crippen LogP contribution in [0.4, 0.5) is 0 Å². The van der Waals surface area contributed by atoms with Gasteiger partial charge in [0, 0.05) is 5.02 Å². The molecule has 0 heterocycles. The number of carbonyl (C=O) groups is 1. The Hall–Kier alpha value is -2.52. The van der Waals surface area contributed by atoms with Gasteiger partial charge < -0.3 is 9.47 Å². The van der Waals surface area contributed by atoms with E-state index in [1.165, 1.54) is 0 Å². The molecule has 3 aromatic rings. The van der Waals surface area contributed by atoms with Crippen molar-refractivity contribution in [3.63, 3.8) is 0 Å². The fraction of sp³-hybridized carbons (Fsp3) is 0.150. The molecule has 3 aromatic carbocycles. The zero-order chi connectivity index (χ0) is 17.2. The third-order valence-corrected chi connectivity index (χ3v) is 3.86. The fourth-order valence-electron chi connectivity index (χ4n) is 2.30. The number of esters is 1. The van der Waals surface area contributed by atoms with Crippen LogP contribution in [0, 0.1) is 0 Å². The Morgan fingerprint density at radius 1 is 0.875 bits per heavy atom. The van der Waals surface area contributed by atoms with Gasteiger partial charge in [-0.25, -0.2) is 4.79 Å². The van der Waals surface area contributed by atoms with Crippen molar-refractivity contribution in [1.82, 2.24) is 0 Å². The number of carbonyl (C=O) groups excluding carboxylic acids is 1. The predicted molar refractivity (Wildman–Crippen MR) is 95.7 cm³/mol. The highest BCUT2D eigenvalue weighted by atomic mass is 35.5. The fourth-order valence-corrected chi connectivity index (χ4v) is 2.43. The molecular formula is C20H17ClO3. The summed E-state index contributed by atoms with van der Waals surface area (Å²) in [5.41, 5.74) is -1.13. The molecule has 122 valence electrons. The summed E-state index contributed by atoms with van der Waals surface area (Å²) in [5, 5.41) is 2.71. The van der Waals surface area contributed by atoms with Crippen molar-refractivity contribution in [1.29, 1.82) is 0 Å². The molecule has 0 aliphatic heterocycles. The SMILES string of the molecule is CC(C)(Oc1ccc(Cl)cc1)C(=O)Oc1ccc2ccccc2c1. The van der Waals surface area contributed by atoms with Crippen molar-refractivity contribution in [2.45, 2.75) is 19.4 Å². The van der Waals surface area contributed by atoms with Crippen LogP contribution in [-0.4, -0.2) is 11.6 Å². The molecular weight excluding hydrogens is 324 g/mol. The van der Waals surface area contributed by atoms with Crippen LogP contribution in [0.25, 0.3) is 10.8 Å². The summed E-state index contributed by atoms with van der Waals surface area (Å²) in [5.74, 6) is 0.582. The monoisotopic (exact) mass is 340 g/mol. The quantitative estimate of drug-likeness (QED) is 0.480. The van der Waals surface area contributed by atoms with Gasteiger partial charge in [-0.3, -0.25) is 0 Å². The normalized spacial score (nSPS) is 11.3. The number of ether oxygens (including phenoxy) is 2. The molecule has 0 fully saturated rings. The van der Waals surface area contributed by atoms with E-state index in [9.17, 15) is 4.79 Å². The topological polar surface area (TPSA) is 35.5 Å². The standard InChI is InChI=1S/C20H17ClO3/c1-20(2,24-17-11-8-16(21)9-12-17)19(22)23-18-10-7-14-5-3-4-6-15(14)13-18/h3-13H,1-2H3. The van der Waals surface area contributed by atoms with Crippen molar-refractivity contribution in [2.24, 2.45) is 0 Å². The average Bonchev–Trinajstić information content (AvgIpc) is 2.56. The lowest BCUT2D eigenvalue weighted by Crippen LogP contribution is -2.41.